The van der Waals surface area contributed by atoms with Crippen molar-refractivity contribution in [2.75, 3.05) is 6.61 Å². The van der Waals surface area contributed by atoms with Crippen LogP contribution in [0.2, 0.25) is 5.02 Å². The number of halogens is 2. The van der Waals surface area contributed by atoms with Crippen molar-refractivity contribution in [2.45, 2.75) is 65.3 Å². The lowest BCUT2D eigenvalue weighted by Crippen LogP contribution is -2.41. The van der Waals surface area contributed by atoms with Gasteiger partial charge in [-0.1, -0.05) is 11.6 Å². The van der Waals surface area contributed by atoms with Gasteiger partial charge >= 0.3 is 19.1 Å². The minimum absolute atomic E-state index is 0.0384. The molecule has 0 aliphatic carbocycles. The summed E-state index contributed by atoms with van der Waals surface area (Å²) >= 11 is 6.04. The molecule has 0 radical (unpaired) electrons. The van der Waals surface area contributed by atoms with Gasteiger partial charge in [-0.25, -0.2) is 9.18 Å². The lowest BCUT2D eigenvalue weighted by molar-refractivity contribution is -0.145. The predicted molar refractivity (Wildman–Crippen MR) is 103 cm³/mol. The van der Waals surface area contributed by atoms with Crippen LogP contribution in [0.1, 0.15) is 58.3 Å². The molecule has 2 rings (SSSR count). The van der Waals surface area contributed by atoms with Crippen molar-refractivity contribution in [1.29, 1.82) is 0 Å². The monoisotopic (exact) mass is 414 g/mol. The van der Waals surface area contributed by atoms with Crippen molar-refractivity contribution in [1.82, 2.24) is 0 Å². The van der Waals surface area contributed by atoms with Gasteiger partial charge in [0.05, 0.1) is 34.8 Å². The molecule has 0 N–H and O–H groups in total. The summed E-state index contributed by atoms with van der Waals surface area (Å²) in [6.07, 6.45) is -0.823. The van der Waals surface area contributed by atoms with E-state index in [0.717, 1.165) is 6.07 Å². The molecule has 0 spiro atoms. The Balaban J connectivity index is 2.22. The van der Waals surface area contributed by atoms with Crippen molar-refractivity contribution in [3.63, 3.8) is 0 Å². The van der Waals surface area contributed by atoms with E-state index in [2.05, 4.69) is 0 Å². The molecule has 1 heterocycles. The van der Waals surface area contributed by atoms with Crippen LogP contribution in [0.15, 0.2) is 12.1 Å². The molecule has 1 aromatic carbocycles. The fourth-order valence-electron chi connectivity index (χ4n) is 2.62. The summed E-state index contributed by atoms with van der Waals surface area (Å²) in [6, 6.07) is 2.29. The Morgan fingerprint density at radius 3 is 2.32 bits per heavy atom. The Morgan fingerprint density at radius 1 is 1.21 bits per heavy atom. The summed E-state index contributed by atoms with van der Waals surface area (Å²) in [5.74, 6) is -1.91. The van der Waals surface area contributed by atoms with Crippen LogP contribution in [0, 0.1) is 5.82 Å². The van der Waals surface area contributed by atoms with E-state index in [4.69, 9.17) is 30.4 Å². The zero-order valence-corrected chi connectivity index (χ0v) is 17.7. The van der Waals surface area contributed by atoms with Gasteiger partial charge in [0.15, 0.2) is 0 Å². The lowest BCUT2D eigenvalue weighted by atomic mass is 9.78. The quantitative estimate of drug-likeness (QED) is 0.525. The van der Waals surface area contributed by atoms with Gasteiger partial charge in [0, 0.05) is 5.46 Å². The highest BCUT2D eigenvalue weighted by atomic mass is 35.5. The zero-order chi connectivity index (χ0) is 21.3. The summed E-state index contributed by atoms with van der Waals surface area (Å²) < 4.78 is 36.3. The van der Waals surface area contributed by atoms with Crippen molar-refractivity contribution in [2.24, 2.45) is 0 Å². The first kappa shape index (κ1) is 22.7. The number of carbonyl (C=O) groups is 2. The molecular formula is C19H25BClFO6. The molecule has 1 aromatic rings. The molecule has 0 saturated carbocycles. The van der Waals surface area contributed by atoms with Crippen LogP contribution in [0.5, 0.6) is 0 Å². The SMILES string of the molecule is CCOC(=O)C[C@@H](C)OC(=O)c1cc(B2OC(C)(C)C(C)(C)O2)c(F)cc1Cl. The maximum Gasteiger partial charge on any atom is 0.497 e. The van der Waals surface area contributed by atoms with Crippen LogP contribution in [0.3, 0.4) is 0 Å². The van der Waals surface area contributed by atoms with Crippen LogP contribution in [-0.4, -0.2) is 43.0 Å². The third kappa shape index (κ3) is 4.85. The van der Waals surface area contributed by atoms with Gasteiger partial charge in [-0.05, 0) is 53.7 Å². The van der Waals surface area contributed by atoms with Crippen LogP contribution in [-0.2, 0) is 23.6 Å². The van der Waals surface area contributed by atoms with E-state index in [1.165, 1.54) is 6.07 Å². The molecule has 6 nitrogen and oxygen atoms in total. The molecule has 9 heteroatoms. The first-order chi connectivity index (χ1) is 12.9. The molecule has 0 unspecified atom stereocenters. The average Bonchev–Trinajstić information content (AvgIpc) is 2.74. The molecular weight excluding hydrogens is 389 g/mol. The third-order valence-electron chi connectivity index (χ3n) is 4.88. The second-order valence-corrected chi connectivity index (χ2v) is 8.07. The summed E-state index contributed by atoms with van der Waals surface area (Å²) in [4.78, 5) is 24.0. The predicted octanol–water partition coefficient (Wildman–Crippen LogP) is 3.28. The van der Waals surface area contributed by atoms with Gasteiger partial charge < -0.3 is 18.8 Å². The number of hydrogen-bond donors (Lipinski definition) is 0. The summed E-state index contributed by atoms with van der Waals surface area (Å²) in [5, 5.41) is -0.105. The minimum atomic E-state index is -0.995. The topological polar surface area (TPSA) is 71.1 Å². The first-order valence-corrected chi connectivity index (χ1v) is 9.47. The van der Waals surface area contributed by atoms with Crippen molar-refractivity contribution in [3.8, 4) is 0 Å². The van der Waals surface area contributed by atoms with Crippen LogP contribution in [0.4, 0.5) is 4.39 Å². The van der Waals surface area contributed by atoms with E-state index in [1.54, 1.807) is 13.8 Å². The molecule has 1 aliphatic heterocycles. The molecule has 0 aromatic heterocycles. The molecule has 0 amide bonds. The van der Waals surface area contributed by atoms with E-state index in [0.29, 0.717) is 0 Å². The summed E-state index contributed by atoms with van der Waals surface area (Å²) in [7, 11) is -0.995. The van der Waals surface area contributed by atoms with Gasteiger partial charge in [-0.2, -0.15) is 0 Å². The fourth-order valence-corrected chi connectivity index (χ4v) is 2.84. The van der Waals surface area contributed by atoms with Gasteiger partial charge in [-0.3, -0.25) is 4.79 Å². The Bertz CT molecular complexity index is 751. The maximum atomic E-state index is 14.5. The Hall–Kier alpha value is -1.64. The molecule has 1 aliphatic rings. The normalized spacial score (nSPS) is 18.6. The third-order valence-corrected chi connectivity index (χ3v) is 5.19. The van der Waals surface area contributed by atoms with Gasteiger partial charge in [-0.15, -0.1) is 0 Å². The van der Waals surface area contributed by atoms with Gasteiger partial charge in [0.2, 0.25) is 0 Å². The zero-order valence-electron chi connectivity index (χ0n) is 16.9. The summed E-state index contributed by atoms with van der Waals surface area (Å²) in [5.41, 5.74) is -1.33. The van der Waals surface area contributed by atoms with E-state index in [9.17, 15) is 14.0 Å². The number of hydrogen-bond acceptors (Lipinski definition) is 6. The Kier molecular flexibility index (Phi) is 6.79. The van der Waals surface area contributed by atoms with Crippen LogP contribution < -0.4 is 5.46 Å². The van der Waals surface area contributed by atoms with E-state index >= 15 is 0 Å². The lowest BCUT2D eigenvalue weighted by Gasteiger charge is -2.32. The second-order valence-electron chi connectivity index (χ2n) is 7.67. The highest BCUT2D eigenvalue weighted by molar-refractivity contribution is 6.62. The first-order valence-electron chi connectivity index (χ1n) is 9.09. The summed E-state index contributed by atoms with van der Waals surface area (Å²) in [6.45, 7) is 10.8. The smallest absolute Gasteiger partial charge is 0.466 e. The number of esters is 2. The van der Waals surface area contributed by atoms with Gasteiger partial charge in [0.1, 0.15) is 11.9 Å². The van der Waals surface area contributed by atoms with E-state index < -0.39 is 42.2 Å². The molecule has 1 fully saturated rings. The van der Waals surface area contributed by atoms with Crippen molar-refractivity contribution >= 4 is 36.1 Å². The Labute approximate surface area is 169 Å². The highest BCUT2D eigenvalue weighted by Gasteiger charge is 2.52. The van der Waals surface area contributed by atoms with Gasteiger partial charge in [0.25, 0.3) is 0 Å². The number of carbonyl (C=O) groups excluding carboxylic acids is 2. The maximum absolute atomic E-state index is 14.5. The second kappa shape index (κ2) is 8.39. The van der Waals surface area contributed by atoms with E-state index in [1.807, 2.05) is 27.7 Å². The highest BCUT2D eigenvalue weighted by Crippen LogP contribution is 2.37. The van der Waals surface area contributed by atoms with Crippen molar-refractivity contribution < 1.29 is 32.8 Å². The van der Waals surface area contributed by atoms with E-state index in [-0.39, 0.29) is 29.1 Å². The molecule has 154 valence electrons. The largest absolute Gasteiger partial charge is 0.497 e. The standard InChI is InChI=1S/C19H25BClFO6/c1-7-25-16(23)8-11(2)26-17(24)12-9-13(15(22)10-14(12)21)20-27-18(3,4)19(5,6)28-20/h9-11H,7-8H2,1-6H3/t11-/m1/s1. The molecule has 0 bridgehead atoms. The Morgan fingerprint density at radius 2 is 1.79 bits per heavy atom. The molecule has 28 heavy (non-hydrogen) atoms. The molecule has 1 atom stereocenters. The number of benzene rings is 1. The number of ether oxygens (including phenoxy) is 2. The average molecular weight is 415 g/mol. The number of rotatable bonds is 6. The minimum Gasteiger partial charge on any atom is -0.466 e. The van der Waals surface area contributed by atoms with Crippen LogP contribution >= 0.6 is 11.6 Å². The van der Waals surface area contributed by atoms with Crippen LogP contribution in [0.25, 0.3) is 0 Å². The molecule has 1 saturated heterocycles. The van der Waals surface area contributed by atoms with Crippen molar-refractivity contribution in [3.05, 3.63) is 28.5 Å². The fraction of sp³-hybridized carbons (Fsp3) is 0.579.